The highest BCUT2D eigenvalue weighted by Gasteiger charge is 2.37. The fourth-order valence-electron chi connectivity index (χ4n) is 6.78. The van der Waals surface area contributed by atoms with E-state index in [4.69, 9.17) is 4.74 Å². The van der Waals surface area contributed by atoms with Crippen LogP contribution in [-0.4, -0.2) is 93.9 Å². The first kappa shape index (κ1) is 34.5. The summed E-state index contributed by atoms with van der Waals surface area (Å²) in [4.78, 5) is 36.1. The molecule has 3 aromatic rings. The van der Waals surface area contributed by atoms with Crippen LogP contribution in [0.1, 0.15) is 55.5 Å². The number of carbonyl (C=O) groups is 2. The van der Waals surface area contributed by atoms with Gasteiger partial charge in [0.05, 0.1) is 25.4 Å². The Hall–Kier alpha value is -3.83. The van der Waals surface area contributed by atoms with E-state index in [-0.39, 0.29) is 24.8 Å². The largest absolute Gasteiger partial charge is 0.481 e. The van der Waals surface area contributed by atoms with Crippen molar-refractivity contribution in [2.75, 3.05) is 33.3 Å². The molecule has 252 valence electrons. The van der Waals surface area contributed by atoms with Gasteiger partial charge in [0, 0.05) is 62.4 Å². The van der Waals surface area contributed by atoms with Crippen molar-refractivity contribution in [2.24, 2.45) is 5.92 Å². The molecule has 1 saturated heterocycles. The minimum atomic E-state index is -0.856. The molecule has 10 heteroatoms. The molecule has 2 aliphatic rings. The van der Waals surface area contributed by atoms with Gasteiger partial charge < -0.3 is 25.6 Å². The molecule has 1 fully saturated rings. The molecule has 2 aromatic carbocycles. The lowest BCUT2D eigenvalue weighted by Gasteiger charge is -2.42. The zero-order valence-corrected chi connectivity index (χ0v) is 27.9. The average Bonchev–Trinajstić information content (AvgIpc) is 3.35. The molecule has 2 heterocycles. The summed E-state index contributed by atoms with van der Waals surface area (Å²) in [5.74, 6) is -0.267. The second-order valence-corrected chi connectivity index (χ2v) is 13.9. The number of aromatic nitrogens is 1. The van der Waals surface area contributed by atoms with Crippen LogP contribution in [0, 0.1) is 5.92 Å². The lowest BCUT2D eigenvalue weighted by atomic mass is 9.91. The van der Waals surface area contributed by atoms with Gasteiger partial charge in [0.1, 0.15) is 6.04 Å². The molecule has 0 bridgehead atoms. The van der Waals surface area contributed by atoms with Crippen LogP contribution in [0.3, 0.4) is 0 Å². The van der Waals surface area contributed by atoms with Crippen LogP contribution in [0.4, 0.5) is 0 Å². The lowest BCUT2D eigenvalue weighted by Crippen LogP contribution is -2.61. The number of nitrogens with one attached hydrogen (secondary N) is 2. The van der Waals surface area contributed by atoms with E-state index in [2.05, 4.69) is 20.5 Å². The first-order valence-corrected chi connectivity index (χ1v) is 16.5. The standard InChI is InChI=1S/C37H49N5O5/c1-37(2,3)40-35(46)31-24-41(22-27-14-10-16-38-36(27)47-4)17-18-42(31)23-29(43)20-28(19-25-11-6-5-7-12-25)34(45)39-33-30-15-9-8-13-26(30)21-32(33)44/h5-16,28-29,31-33,43-44H,17-24H2,1-4H3,(H,39,45)(H,40,46)/t28-,29-,31-,32+,33-/m0/s1. The molecule has 2 amide bonds. The molecule has 0 saturated carbocycles. The van der Waals surface area contributed by atoms with Crippen LogP contribution in [-0.2, 0) is 29.0 Å². The normalized spacial score (nSPS) is 21.4. The average molecular weight is 644 g/mol. The molecule has 0 unspecified atom stereocenters. The monoisotopic (exact) mass is 643 g/mol. The number of ether oxygens (including phenoxy) is 1. The Labute approximate surface area is 278 Å². The summed E-state index contributed by atoms with van der Waals surface area (Å²) >= 11 is 0. The number of piperazine rings is 1. The Balaban J connectivity index is 1.29. The minimum Gasteiger partial charge on any atom is -0.481 e. The SMILES string of the molecule is COc1ncccc1CN1CCN(C[C@@H](O)C[C@H](Cc2ccccc2)C(=O)N[C@H]2c3ccccc3C[C@H]2O)[C@H](C(=O)NC(C)(C)C)C1. The molecule has 4 N–H and O–H groups in total. The number of hydrogen-bond donors (Lipinski definition) is 4. The molecule has 47 heavy (non-hydrogen) atoms. The van der Waals surface area contributed by atoms with Gasteiger partial charge >= 0.3 is 0 Å². The Morgan fingerprint density at radius 1 is 1.04 bits per heavy atom. The van der Waals surface area contributed by atoms with Gasteiger partial charge in [-0.15, -0.1) is 0 Å². The van der Waals surface area contributed by atoms with E-state index in [1.807, 2.05) is 92.4 Å². The van der Waals surface area contributed by atoms with Crippen molar-refractivity contribution < 1.29 is 24.5 Å². The van der Waals surface area contributed by atoms with Crippen molar-refractivity contribution in [1.29, 1.82) is 0 Å². The van der Waals surface area contributed by atoms with E-state index in [1.54, 1.807) is 13.3 Å². The Kier molecular flexibility index (Phi) is 11.3. The Morgan fingerprint density at radius 2 is 1.79 bits per heavy atom. The van der Waals surface area contributed by atoms with Crippen molar-refractivity contribution in [3.05, 3.63) is 95.2 Å². The molecule has 0 spiro atoms. The number of pyridine rings is 1. The first-order valence-electron chi connectivity index (χ1n) is 16.5. The maximum absolute atomic E-state index is 13.9. The van der Waals surface area contributed by atoms with E-state index in [9.17, 15) is 19.8 Å². The predicted molar refractivity (Wildman–Crippen MR) is 181 cm³/mol. The lowest BCUT2D eigenvalue weighted by molar-refractivity contribution is -0.132. The van der Waals surface area contributed by atoms with Crippen molar-refractivity contribution in [2.45, 2.75) is 76.4 Å². The molecule has 1 aromatic heterocycles. The van der Waals surface area contributed by atoms with Crippen LogP contribution < -0.4 is 15.4 Å². The van der Waals surface area contributed by atoms with Gasteiger partial charge in [0.15, 0.2) is 0 Å². The summed E-state index contributed by atoms with van der Waals surface area (Å²) in [5, 5.41) is 28.6. The number of amides is 2. The number of aliphatic hydroxyl groups is 2. The van der Waals surface area contributed by atoms with Gasteiger partial charge in [-0.3, -0.25) is 19.4 Å². The second-order valence-electron chi connectivity index (χ2n) is 13.9. The number of hydrogen-bond acceptors (Lipinski definition) is 8. The number of methoxy groups -OCH3 is 1. The second kappa shape index (κ2) is 15.4. The van der Waals surface area contributed by atoms with Gasteiger partial charge in [-0.2, -0.15) is 0 Å². The van der Waals surface area contributed by atoms with Crippen LogP contribution in [0.15, 0.2) is 72.9 Å². The first-order chi connectivity index (χ1) is 22.5. The number of nitrogens with zero attached hydrogens (tertiary/aromatic N) is 3. The minimum absolute atomic E-state index is 0.0972. The van der Waals surface area contributed by atoms with Crippen LogP contribution in [0.5, 0.6) is 5.88 Å². The van der Waals surface area contributed by atoms with Crippen molar-refractivity contribution in [3.8, 4) is 5.88 Å². The Bertz CT molecular complexity index is 1500. The number of β-amino-alcohol motifs (C(OH)–C–C–N with tert-alkyl or cyclic N) is 1. The topological polar surface area (TPSA) is 127 Å². The molecule has 5 atom stereocenters. The number of carbonyl (C=O) groups excluding carboxylic acids is 2. The van der Waals surface area contributed by atoms with E-state index in [1.165, 1.54) is 0 Å². The number of rotatable bonds is 12. The highest BCUT2D eigenvalue weighted by atomic mass is 16.5. The van der Waals surface area contributed by atoms with Crippen molar-refractivity contribution >= 4 is 11.8 Å². The van der Waals surface area contributed by atoms with Gasteiger partial charge in [0.2, 0.25) is 17.7 Å². The fourth-order valence-corrected chi connectivity index (χ4v) is 6.78. The summed E-state index contributed by atoms with van der Waals surface area (Å²) in [6.07, 6.45) is 1.29. The number of benzene rings is 2. The van der Waals surface area contributed by atoms with E-state index in [0.717, 1.165) is 22.3 Å². The van der Waals surface area contributed by atoms with Crippen molar-refractivity contribution in [1.82, 2.24) is 25.4 Å². The fraction of sp³-hybridized carbons (Fsp3) is 0.486. The van der Waals surface area contributed by atoms with Crippen LogP contribution in [0.2, 0.25) is 0 Å². The third-order valence-corrected chi connectivity index (χ3v) is 9.01. The highest BCUT2D eigenvalue weighted by molar-refractivity contribution is 5.83. The van der Waals surface area contributed by atoms with Crippen LogP contribution in [0.25, 0.3) is 0 Å². The van der Waals surface area contributed by atoms with Crippen molar-refractivity contribution in [3.63, 3.8) is 0 Å². The van der Waals surface area contributed by atoms with Gasteiger partial charge in [-0.1, -0.05) is 60.7 Å². The third-order valence-electron chi connectivity index (χ3n) is 9.01. The van der Waals surface area contributed by atoms with E-state index < -0.39 is 35.7 Å². The highest BCUT2D eigenvalue weighted by Crippen LogP contribution is 2.32. The van der Waals surface area contributed by atoms with Gasteiger partial charge in [-0.25, -0.2) is 4.98 Å². The zero-order chi connectivity index (χ0) is 33.6. The Morgan fingerprint density at radius 3 is 2.53 bits per heavy atom. The summed E-state index contributed by atoms with van der Waals surface area (Å²) in [7, 11) is 1.60. The molecule has 10 nitrogen and oxygen atoms in total. The molecule has 5 rings (SSSR count). The third kappa shape index (κ3) is 9.16. The van der Waals surface area contributed by atoms with Crippen LogP contribution >= 0.6 is 0 Å². The number of fused-ring (bicyclic) bond motifs is 1. The summed E-state index contributed by atoms with van der Waals surface area (Å²) in [6, 6.07) is 20.4. The predicted octanol–water partition coefficient (Wildman–Crippen LogP) is 2.88. The maximum atomic E-state index is 13.9. The number of aliphatic hydroxyl groups excluding tert-OH is 2. The summed E-state index contributed by atoms with van der Waals surface area (Å²) < 4.78 is 5.46. The smallest absolute Gasteiger partial charge is 0.239 e. The molecule has 1 aliphatic heterocycles. The summed E-state index contributed by atoms with van der Waals surface area (Å²) in [6.45, 7) is 8.44. The zero-order valence-electron chi connectivity index (χ0n) is 27.9. The quantitative estimate of drug-likeness (QED) is 0.238. The van der Waals surface area contributed by atoms with E-state index in [0.29, 0.717) is 44.9 Å². The van der Waals surface area contributed by atoms with Gasteiger partial charge in [-0.05, 0) is 56.4 Å². The molecular formula is C37H49N5O5. The maximum Gasteiger partial charge on any atom is 0.239 e. The summed E-state index contributed by atoms with van der Waals surface area (Å²) in [5.41, 5.74) is 3.49. The molecule has 1 aliphatic carbocycles. The molecule has 0 radical (unpaired) electrons. The molecular weight excluding hydrogens is 594 g/mol. The van der Waals surface area contributed by atoms with E-state index >= 15 is 0 Å². The van der Waals surface area contributed by atoms with Gasteiger partial charge in [0.25, 0.3) is 0 Å².